The standard InChI is InChI=1S/C9H10O3/c1-11-8-4-3-7(6-10)9(5-8)12-2/h3,5-7H,1-2H3. The Bertz CT molecular complexity index is 269. The molecule has 0 saturated carbocycles. The highest BCUT2D eigenvalue weighted by Crippen LogP contribution is 2.17. The minimum Gasteiger partial charge on any atom is -0.500 e. The Morgan fingerprint density at radius 2 is 2.25 bits per heavy atom. The minimum atomic E-state index is -0.325. The summed E-state index contributed by atoms with van der Waals surface area (Å²) in [6.07, 6.45) is 4.07. The van der Waals surface area contributed by atoms with E-state index < -0.39 is 0 Å². The number of ether oxygens (including phenoxy) is 2. The number of allylic oxidation sites excluding steroid dienone is 1. The third kappa shape index (κ3) is 1.57. The van der Waals surface area contributed by atoms with Gasteiger partial charge in [-0.3, -0.25) is 0 Å². The molecule has 1 atom stereocenters. The van der Waals surface area contributed by atoms with Crippen LogP contribution in [0.1, 0.15) is 0 Å². The van der Waals surface area contributed by atoms with E-state index in [9.17, 15) is 4.79 Å². The third-order valence-electron chi connectivity index (χ3n) is 1.61. The van der Waals surface area contributed by atoms with Crippen molar-refractivity contribution in [3.05, 3.63) is 29.4 Å². The van der Waals surface area contributed by atoms with Gasteiger partial charge in [-0.25, -0.2) is 0 Å². The first-order valence-corrected chi connectivity index (χ1v) is 3.53. The van der Waals surface area contributed by atoms with Crippen molar-refractivity contribution in [2.45, 2.75) is 0 Å². The predicted octanol–water partition coefficient (Wildman–Crippen LogP) is 1.03. The van der Waals surface area contributed by atoms with Crippen molar-refractivity contribution >= 4 is 6.29 Å². The quantitative estimate of drug-likeness (QED) is 0.464. The first-order valence-electron chi connectivity index (χ1n) is 3.53. The number of aldehydes is 1. The Kier molecular flexibility index (Phi) is 2.72. The molecule has 64 valence electrons. The zero-order valence-electron chi connectivity index (χ0n) is 7.03. The molecule has 3 heteroatoms. The molecule has 0 aromatic rings. The van der Waals surface area contributed by atoms with Gasteiger partial charge in [-0.15, -0.1) is 0 Å². The van der Waals surface area contributed by atoms with Crippen LogP contribution in [0.15, 0.2) is 29.4 Å². The van der Waals surface area contributed by atoms with Gasteiger partial charge in [0, 0.05) is 6.08 Å². The largest absolute Gasteiger partial charge is 0.500 e. The number of hydrogen-bond acceptors (Lipinski definition) is 3. The lowest BCUT2D eigenvalue weighted by Crippen LogP contribution is -2.07. The van der Waals surface area contributed by atoms with E-state index in [0.717, 1.165) is 6.29 Å². The van der Waals surface area contributed by atoms with Crippen LogP contribution in [-0.2, 0) is 14.3 Å². The molecule has 0 aliphatic heterocycles. The van der Waals surface area contributed by atoms with Crippen molar-refractivity contribution in [2.24, 2.45) is 5.92 Å². The molecular formula is C9H10O3. The van der Waals surface area contributed by atoms with E-state index in [1.165, 1.54) is 7.11 Å². The van der Waals surface area contributed by atoms with E-state index in [2.05, 4.69) is 5.73 Å². The van der Waals surface area contributed by atoms with Crippen molar-refractivity contribution in [1.29, 1.82) is 0 Å². The summed E-state index contributed by atoms with van der Waals surface area (Å²) in [4.78, 5) is 10.5. The van der Waals surface area contributed by atoms with E-state index in [4.69, 9.17) is 9.47 Å². The van der Waals surface area contributed by atoms with E-state index >= 15 is 0 Å². The third-order valence-corrected chi connectivity index (χ3v) is 1.61. The first-order chi connectivity index (χ1) is 5.81. The molecule has 0 heterocycles. The fraction of sp³-hybridized carbons (Fsp3) is 0.333. The van der Waals surface area contributed by atoms with Crippen LogP contribution in [0, 0.1) is 5.92 Å². The molecule has 0 saturated heterocycles. The lowest BCUT2D eigenvalue weighted by Gasteiger charge is -2.12. The van der Waals surface area contributed by atoms with Crippen LogP contribution >= 0.6 is 0 Å². The van der Waals surface area contributed by atoms with Gasteiger partial charge in [-0.1, -0.05) is 5.73 Å². The summed E-state index contributed by atoms with van der Waals surface area (Å²) in [5.74, 6) is 0.833. The van der Waals surface area contributed by atoms with Gasteiger partial charge >= 0.3 is 0 Å². The molecule has 1 unspecified atom stereocenters. The van der Waals surface area contributed by atoms with E-state index in [1.54, 1.807) is 19.3 Å². The molecule has 1 rings (SSSR count). The van der Waals surface area contributed by atoms with Gasteiger partial charge in [0.2, 0.25) is 0 Å². The second-order valence-corrected chi connectivity index (χ2v) is 2.29. The van der Waals surface area contributed by atoms with Gasteiger partial charge in [0.25, 0.3) is 0 Å². The summed E-state index contributed by atoms with van der Waals surface area (Å²) in [5.41, 5.74) is 2.82. The molecule has 0 aromatic heterocycles. The van der Waals surface area contributed by atoms with Crippen LogP contribution in [-0.4, -0.2) is 20.5 Å². The molecule has 0 spiro atoms. The van der Waals surface area contributed by atoms with Crippen molar-refractivity contribution in [2.75, 3.05) is 14.2 Å². The first kappa shape index (κ1) is 8.62. The Labute approximate surface area is 71.0 Å². The van der Waals surface area contributed by atoms with Gasteiger partial charge in [0.15, 0.2) is 5.76 Å². The Morgan fingerprint density at radius 3 is 2.75 bits per heavy atom. The van der Waals surface area contributed by atoms with Crippen molar-refractivity contribution in [3.63, 3.8) is 0 Å². The van der Waals surface area contributed by atoms with E-state index in [0.29, 0.717) is 11.5 Å². The average Bonchev–Trinajstić information content (AvgIpc) is 2.16. The van der Waals surface area contributed by atoms with Crippen LogP contribution in [0.4, 0.5) is 0 Å². The number of rotatable bonds is 3. The predicted molar refractivity (Wildman–Crippen MR) is 43.3 cm³/mol. The molecule has 0 radical (unpaired) electrons. The van der Waals surface area contributed by atoms with Crippen LogP contribution in [0.5, 0.6) is 0 Å². The SMILES string of the molecule is COC1=C=CC(C=O)C(OC)=C1. The molecule has 0 aromatic carbocycles. The molecule has 0 bridgehead atoms. The molecule has 3 nitrogen and oxygen atoms in total. The van der Waals surface area contributed by atoms with Crippen LogP contribution in [0.3, 0.4) is 0 Å². The molecule has 0 fully saturated rings. The van der Waals surface area contributed by atoms with Crippen molar-refractivity contribution in [1.82, 2.24) is 0 Å². The van der Waals surface area contributed by atoms with Crippen LogP contribution < -0.4 is 0 Å². The minimum absolute atomic E-state index is 0.325. The van der Waals surface area contributed by atoms with Gasteiger partial charge in [0.1, 0.15) is 12.0 Å². The van der Waals surface area contributed by atoms with E-state index in [1.807, 2.05) is 0 Å². The number of methoxy groups -OCH3 is 2. The molecule has 12 heavy (non-hydrogen) atoms. The summed E-state index contributed by atoms with van der Waals surface area (Å²) in [6.45, 7) is 0. The highest BCUT2D eigenvalue weighted by molar-refractivity contribution is 5.62. The second-order valence-electron chi connectivity index (χ2n) is 2.29. The summed E-state index contributed by atoms with van der Waals surface area (Å²) >= 11 is 0. The number of hydrogen-bond donors (Lipinski definition) is 0. The average molecular weight is 166 g/mol. The summed E-state index contributed by atoms with van der Waals surface area (Å²) in [7, 11) is 3.07. The topological polar surface area (TPSA) is 35.5 Å². The van der Waals surface area contributed by atoms with Crippen molar-refractivity contribution in [3.8, 4) is 0 Å². The van der Waals surface area contributed by atoms with Crippen LogP contribution in [0.2, 0.25) is 0 Å². The summed E-state index contributed by atoms with van der Waals surface area (Å²) < 4.78 is 9.90. The summed E-state index contributed by atoms with van der Waals surface area (Å²) in [5, 5.41) is 0. The molecular weight excluding hydrogens is 156 g/mol. The van der Waals surface area contributed by atoms with Gasteiger partial charge in [-0.05, 0) is 6.08 Å². The Balaban J connectivity index is 2.93. The highest BCUT2D eigenvalue weighted by Gasteiger charge is 2.14. The highest BCUT2D eigenvalue weighted by atomic mass is 16.5. The summed E-state index contributed by atoms with van der Waals surface area (Å²) in [6, 6.07) is 0. The van der Waals surface area contributed by atoms with Gasteiger partial charge < -0.3 is 14.3 Å². The Morgan fingerprint density at radius 1 is 1.50 bits per heavy atom. The maximum atomic E-state index is 10.5. The smallest absolute Gasteiger partial charge is 0.164 e. The maximum absolute atomic E-state index is 10.5. The fourth-order valence-corrected chi connectivity index (χ4v) is 0.940. The fourth-order valence-electron chi connectivity index (χ4n) is 0.940. The number of carbonyl (C=O) groups excluding carboxylic acids is 1. The molecule has 0 N–H and O–H groups in total. The zero-order valence-corrected chi connectivity index (χ0v) is 7.03. The zero-order chi connectivity index (χ0) is 8.97. The van der Waals surface area contributed by atoms with Gasteiger partial charge in [-0.2, -0.15) is 0 Å². The Hall–Kier alpha value is -1.47. The van der Waals surface area contributed by atoms with E-state index in [-0.39, 0.29) is 5.92 Å². The molecule has 1 aliphatic rings. The second kappa shape index (κ2) is 3.79. The maximum Gasteiger partial charge on any atom is 0.164 e. The van der Waals surface area contributed by atoms with Crippen LogP contribution in [0.25, 0.3) is 0 Å². The van der Waals surface area contributed by atoms with Crippen molar-refractivity contribution < 1.29 is 14.3 Å². The molecule has 1 aliphatic carbocycles. The lowest BCUT2D eigenvalue weighted by atomic mass is 10.1. The lowest BCUT2D eigenvalue weighted by molar-refractivity contribution is -0.109. The normalized spacial score (nSPS) is 21.0. The molecule has 0 amide bonds. The van der Waals surface area contributed by atoms with Gasteiger partial charge in [0.05, 0.1) is 20.1 Å². The monoisotopic (exact) mass is 166 g/mol. The number of carbonyl (C=O) groups is 1.